The van der Waals surface area contributed by atoms with Gasteiger partial charge in [-0.3, -0.25) is 5.10 Å². The SMILES string of the molecule is Cc1nc(NCc2ccccc2)n[nH]1. The fourth-order valence-electron chi connectivity index (χ4n) is 1.20. The van der Waals surface area contributed by atoms with Gasteiger partial charge in [0.05, 0.1) is 0 Å². The van der Waals surface area contributed by atoms with Crippen molar-refractivity contribution in [3.8, 4) is 0 Å². The van der Waals surface area contributed by atoms with Crippen LogP contribution in [0.15, 0.2) is 30.3 Å². The van der Waals surface area contributed by atoms with Gasteiger partial charge in [-0.25, -0.2) is 0 Å². The van der Waals surface area contributed by atoms with Crippen molar-refractivity contribution in [1.82, 2.24) is 15.2 Å². The second-order valence-electron chi connectivity index (χ2n) is 3.08. The standard InChI is InChI=1S/C10H12N4/c1-8-12-10(14-13-8)11-7-9-5-3-2-4-6-9/h2-6H,7H2,1H3,(H2,11,12,13,14). The molecule has 0 unspecified atom stereocenters. The first-order chi connectivity index (χ1) is 6.84. The van der Waals surface area contributed by atoms with Crippen molar-refractivity contribution >= 4 is 5.95 Å². The number of anilines is 1. The van der Waals surface area contributed by atoms with Gasteiger partial charge in [-0.15, -0.1) is 5.10 Å². The predicted molar refractivity (Wildman–Crippen MR) is 54.9 cm³/mol. The van der Waals surface area contributed by atoms with Crippen molar-refractivity contribution in [2.75, 3.05) is 5.32 Å². The lowest BCUT2D eigenvalue weighted by molar-refractivity contribution is 1.02. The van der Waals surface area contributed by atoms with E-state index in [0.29, 0.717) is 5.95 Å². The third kappa shape index (κ3) is 2.10. The Kier molecular flexibility index (Phi) is 2.44. The lowest BCUT2D eigenvalue weighted by Crippen LogP contribution is -2.00. The molecule has 72 valence electrons. The van der Waals surface area contributed by atoms with Gasteiger partial charge in [0, 0.05) is 6.54 Å². The third-order valence-electron chi connectivity index (χ3n) is 1.89. The van der Waals surface area contributed by atoms with Crippen molar-refractivity contribution in [2.45, 2.75) is 13.5 Å². The number of aromatic amines is 1. The summed E-state index contributed by atoms with van der Waals surface area (Å²) in [4.78, 5) is 4.15. The van der Waals surface area contributed by atoms with Gasteiger partial charge in [0.15, 0.2) is 0 Å². The number of aromatic nitrogens is 3. The summed E-state index contributed by atoms with van der Waals surface area (Å²) in [6.07, 6.45) is 0. The van der Waals surface area contributed by atoms with Gasteiger partial charge in [-0.1, -0.05) is 30.3 Å². The molecule has 0 bridgehead atoms. The zero-order valence-corrected chi connectivity index (χ0v) is 7.99. The minimum atomic E-state index is 0.645. The first-order valence-electron chi connectivity index (χ1n) is 4.51. The van der Waals surface area contributed by atoms with Crippen molar-refractivity contribution in [2.24, 2.45) is 0 Å². The normalized spacial score (nSPS) is 10.1. The van der Waals surface area contributed by atoms with Crippen molar-refractivity contribution < 1.29 is 0 Å². The lowest BCUT2D eigenvalue weighted by Gasteiger charge is -2.00. The Morgan fingerprint density at radius 3 is 2.71 bits per heavy atom. The highest BCUT2D eigenvalue weighted by Gasteiger charge is 1.97. The van der Waals surface area contributed by atoms with E-state index in [-0.39, 0.29) is 0 Å². The predicted octanol–water partition coefficient (Wildman–Crippen LogP) is 1.73. The summed E-state index contributed by atoms with van der Waals surface area (Å²) in [5, 5.41) is 9.89. The molecule has 0 aliphatic carbocycles. The topological polar surface area (TPSA) is 53.6 Å². The zero-order valence-electron chi connectivity index (χ0n) is 7.99. The molecule has 0 aliphatic rings. The minimum absolute atomic E-state index is 0.645. The summed E-state index contributed by atoms with van der Waals surface area (Å²) in [5.41, 5.74) is 1.22. The van der Waals surface area contributed by atoms with E-state index in [1.165, 1.54) is 5.56 Å². The fraction of sp³-hybridized carbons (Fsp3) is 0.200. The Hall–Kier alpha value is -1.84. The molecule has 0 spiro atoms. The van der Waals surface area contributed by atoms with Crippen LogP contribution in [0.1, 0.15) is 11.4 Å². The monoisotopic (exact) mass is 188 g/mol. The number of nitrogens with one attached hydrogen (secondary N) is 2. The fourth-order valence-corrected chi connectivity index (χ4v) is 1.20. The van der Waals surface area contributed by atoms with Gasteiger partial charge >= 0.3 is 0 Å². The molecule has 14 heavy (non-hydrogen) atoms. The van der Waals surface area contributed by atoms with Gasteiger partial charge in [0.2, 0.25) is 5.95 Å². The highest BCUT2D eigenvalue weighted by atomic mass is 15.3. The van der Waals surface area contributed by atoms with Crippen LogP contribution in [0.4, 0.5) is 5.95 Å². The molecule has 1 heterocycles. The van der Waals surface area contributed by atoms with Crippen LogP contribution >= 0.6 is 0 Å². The second-order valence-corrected chi connectivity index (χ2v) is 3.08. The number of H-pyrrole nitrogens is 1. The molecule has 0 radical (unpaired) electrons. The van der Waals surface area contributed by atoms with E-state index < -0.39 is 0 Å². The highest BCUT2D eigenvalue weighted by molar-refractivity contribution is 5.26. The van der Waals surface area contributed by atoms with Crippen LogP contribution in [-0.2, 0) is 6.54 Å². The van der Waals surface area contributed by atoms with E-state index in [1.807, 2.05) is 25.1 Å². The molecular formula is C10H12N4. The van der Waals surface area contributed by atoms with E-state index in [0.717, 1.165) is 12.4 Å². The molecule has 0 atom stereocenters. The molecule has 4 heteroatoms. The van der Waals surface area contributed by atoms with E-state index in [4.69, 9.17) is 0 Å². The van der Waals surface area contributed by atoms with Crippen LogP contribution < -0.4 is 5.32 Å². The Morgan fingerprint density at radius 1 is 1.29 bits per heavy atom. The molecule has 1 aromatic carbocycles. The maximum atomic E-state index is 4.15. The Morgan fingerprint density at radius 2 is 2.07 bits per heavy atom. The zero-order chi connectivity index (χ0) is 9.80. The van der Waals surface area contributed by atoms with Gasteiger partial charge in [-0.2, -0.15) is 4.98 Å². The Balaban J connectivity index is 1.95. The van der Waals surface area contributed by atoms with E-state index in [1.54, 1.807) is 0 Å². The first-order valence-corrected chi connectivity index (χ1v) is 4.51. The third-order valence-corrected chi connectivity index (χ3v) is 1.89. The maximum absolute atomic E-state index is 4.15. The van der Waals surface area contributed by atoms with Crippen LogP contribution in [0.25, 0.3) is 0 Å². The summed E-state index contributed by atoms with van der Waals surface area (Å²) in [6, 6.07) is 10.2. The number of rotatable bonds is 3. The molecule has 0 fully saturated rings. The summed E-state index contributed by atoms with van der Waals surface area (Å²) < 4.78 is 0. The van der Waals surface area contributed by atoms with Crippen molar-refractivity contribution in [1.29, 1.82) is 0 Å². The van der Waals surface area contributed by atoms with Gasteiger partial charge in [-0.05, 0) is 12.5 Å². The maximum Gasteiger partial charge on any atom is 0.242 e. The second kappa shape index (κ2) is 3.91. The molecule has 4 nitrogen and oxygen atoms in total. The molecule has 0 saturated carbocycles. The van der Waals surface area contributed by atoms with Crippen LogP contribution in [0, 0.1) is 6.92 Å². The average molecular weight is 188 g/mol. The molecule has 0 amide bonds. The summed E-state index contributed by atoms with van der Waals surface area (Å²) >= 11 is 0. The first kappa shape index (κ1) is 8.74. The molecule has 2 rings (SSSR count). The molecule has 0 saturated heterocycles. The number of hydrogen-bond donors (Lipinski definition) is 2. The molecule has 0 aliphatic heterocycles. The van der Waals surface area contributed by atoms with E-state index in [2.05, 4.69) is 32.6 Å². The van der Waals surface area contributed by atoms with Crippen LogP contribution in [0.2, 0.25) is 0 Å². The van der Waals surface area contributed by atoms with E-state index >= 15 is 0 Å². The molecular weight excluding hydrogens is 176 g/mol. The van der Waals surface area contributed by atoms with Crippen molar-refractivity contribution in [3.05, 3.63) is 41.7 Å². The number of benzene rings is 1. The lowest BCUT2D eigenvalue weighted by atomic mass is 10.2. The Bertz CT molecular complexity index is 394. The number of nitrogens with zero attached hydrogens (tertiary/aromatic N) is 2. The summed E-state index contributed by atoms with van der Waals surface area (Å²) in [5.74, 6) is 1.46. The largest absolute Gasteiger partial charge is 0.349 e. The average Bonchev–Trinajstić information content (AvgIpc) is 2.63. The number of hydrogen-bond acceptors (Lipinski definition) is 3. The van der Waals surface area contributed by atoms with Crippen LogP contribution in [0.5, 0.6) is 0 Å². The molecule has 1 aromatic heterocycles. The minimum Gasteiger partial charge on any atom is -0.349 e. The van der Waals surface area contributed by atoms with Gasteiger partial charge in [0.1, 0.15) is 5.82 Å². The highest BCUT2D eigenvalue weighted by Crippen LogP contribution is 2.02. The Labute approximate surface area is 82.4 Å². The number of aryl methyl sites for hydroxylation is 1. The van der Waals surface area contributed by atoms with Crippen LogP contribution in [0.3, 0.4) is 0 Å². The molecule has 2 N–H and O–H groups in total. The smallest absolute Gasteiger partial charge is 0.242 e. The van der Waals surface area contributed by atoms with E-state index in [9.17, 15) is 0 Å². The van der Waals surface area contributed by atoms with Crippen molar-refractivity contribution in [3.63, 3.8) is 0 Å². The summed E-state index contributed by atoms with van der Waals surface area (Å²) in [6.45, 7) is 2.62. The van der Waals surface area contributed by atoms with Crippen LogP contribution in [-0.4, -0.2) is 15.2 Å². The van der Waals surface area contributed by atoms with Gasteiger partial charge in [0.25, 0.3) is 0 Å². The quantitative estimate of drug-likeness (QED) is 0.771. The van der Waals surface area contributed by atoms with Gasteiger partial charge < -0.3 is 5.32 Å². The molecule has 2 aromatic rings. The summed E-state index contributed by atoms with van der Waals surface area (Å²) in [7, 11) is 0.